The molecule has 100 valence electrons. The quantitative estimate of drug-likeness (QED) is 0.840. The molecule has 1 atom stereocenters. The van der Waals surface area contributed by atoms with E-state index < -0.39 is 0 Å². The minimum absolute atomic E-state index is 0.0518. The lowest BCUT2D eigenvalue weighted by Crippen LogP contribution is -2.21. The van der Waals surface area contributed by atoms with Crippen molar-refractivity contribution in [2.24, 2.45) is 13.0 Å². The summed E-state index contributed by atoms with van der Waals surface area (Å²) >= 11 is 0. The topological polar surface area (TPSA) is 73.8 Å². The average Bonchev–Trinajstić information content (AvgIpc) is 3.01. The number of ketones is 1. The van der Waals surface area contributed by atoms with E-state index in [-0.39, 0.29) is 5.92 Å². The van der Waals surface area contributed by atoms with Crippen molar-refractivity contribution in [3.8, 4) is 11.4 Å². The lowest BCUT2D eigenvalue weighted by Gasteiger charge is -2.18. The van der Waals surface area contributed by atoms with Gasteiger partial charge < -0.3 is 4.52 Å². The lowest BCUT2D eigenvalue weighted by atomic mass is 9.86. The molecule has 3 rings (SSSR count). The minimum atomic E-state index is 0.0518. The summed E-state index contributed by atoms with van der Waals surface area (Å²) in [5.74, 6) is 1.45. The highest BCUT2D eigenvalue weighted by atomic mass is 16.5. The summed E-state index contributed by atoms with van der Waals surface area (Å²) in [5, 5.41) is 8.01. The zero-order valence-electron chi connectivity index (χ0n) is 10.9. The van der Waals surface area contributed by atoms with Crippen molar-refractivity contribution in [3.63, 3.8) is 0 Å². The molecule has 0 aromatic carbocycles. The molecule has 1 aliphatic rings. The van der Waals surface area contributed by atoms with Crippen LogP contribution in [0.25, 0.3) is 11.4 Å². The molecule has 1 aliphatic carbocycles. The maximum atomic E-state index is 11.8. The van der Waals surface area contributed by atoms with E-state index in [1.807, 2.05) is 13.2 Å². The van der Waals surface area contributed by atoms with Crippen LogP contribution in [0.2, 0.25) is 0 Å². The van der Waals surface area contributed by atoms with Crippen LogP contribution in [-0.2, 0) is 18.3 Å². The molecule has 0 radical (unpaired) electrons. The molecule has 6 heteroatoms. The van der Waals surface area contributed by atoms with E-state index in [1.54, 1.807) is 10.9 Å². The predicted octanol–water partition coefficient (Wildman–Crippen LogP) is 1.77. The maximum absolute atomic E-state index is 11.8. The number of hydrogen-bond acceptors (Lipinski definition) is 5. The highest BCUT2D eigenvalue weighted by Gasteiger charge is 2.24. The van der Waals surface area contributed by atoms with Gasteiger partial charge in [0.25, 0.3) is 0 Å². The Bertz CT molecular complexity index is 587. The molecule has 0 bridgehead atoms. The van der Waals surface area contributed by atoms with Crippen molar-refractivity contribution in [2.75, 3.05) is 0 Å². The van der Waals surface area contributed by atoms with Crippen molar-refractivity contribution in [1.29, 1.82) is 0 Å². The highest BCUT2D eigenvalue weighted by molar-refractivity contribution is 5.81. The fourth-order valence-electron chi connectivity index (χ4n) is 2.47. The third kappa shape index (κ3) is 2.57. The first-order chi connectivity index (χ1) is 9.22. The molecule has 0 amide bonds. The second kappa shape index (κ2) is 4.95. The number of rotatable bonds is 3. The number of aryl methyl sites for hydroxylation is 1. The average molecular weight is 260 g/mol. The van der Waals surface area contributed by atoms with E-state index in [2.05, 4.69) is 15.2 Å². The van der Waals surface area contributed by atoms with Crippen LogP contribution >= 0.6 is 0 Å². The first-order valence-electron chi connectivity index (χ1n) is 6.56. The van der Waals surface area contributed by atoms with Gasteiger partial charge in [-0.1, -0.05) is 11.6 Å². The van der Waals surface area contributed by atoms with Gasteiger partial charge in [-0.25, -0.2) is 0 Å². The third-order valence-electron chi connectivity index (χ3n) is 3.53. The van der Waals surface area contributed by atoms with Gasteiger partial charge in [-0.3, -0.25) is 9.48 Å². The van der Waals surface area contributed by atoms with E-state index in [9.17, 15) is 4.79 Å². The SMILES string of the molecule is Cn1cc(-c2noc(CC3CCCCC3=O)n2)cn1. The van der Waals surface area contributed by atoms with Crippen molar-refractivity contribution in [2.45, 2.75) is 32.1 Å². The first-order valence-corrected chi connectivity index (χ1v) is 6.56. The van der Waals surface area contributed by atoms with Crippen molar-refractivity contribution in [3.05, 3.63) is 18.3 Å². The van der Waals surface area contributed by atoms with Crippen LogP contribution < -0.4 is 0 Å². The summed E-state index contributed by atoms with van der Waals surface area (Å²) < 4.78 is 6.92. The normalized spacial score (nSPS) is 19.8. The van der Waals surface area contributed by atoms with Gasteiger partial charge in [0, 0.05) is 32.0 Å². The van der Waals surface area contributed by atoms with Crippen molar-refractivity contribution in [1.82, 2.24) is 19.9 Å². The van der Waals surface area contributed by atoms with Gasteiger partial charge in [0.05, 0.1) is 11.8 Å². The summed E-state index contributed by atoms with van der Waals surface area (Å²) in [5.41, 5.74) is 0.826. The van der Waals surface area contributed by atoms with E-state index in [1.165, 1.54) is 0 Å². The van der Waals surface area contributed by atoms with E-state index in [0.29, 0.717) is 30.3 Å². The summed E-state index contributed by atoms with van der Waals surface area (Å²) in [6.07, 6.45) is 7.84. The zero-order chi connectivity index (χ0) is 13.2. The number of carbonyl (C=O) groups is 1. The van der Waals surface area contributed by atoms with Crippen molar-refractivity contribution < 1.29 is 9.32 Å². The number of aromatic nitrogens is 4. The molecule has 2 aromatic rings. The predicted molar refractivity (Wildman–Crippen MR) is 67.2 cm³/mol. The number of hydrogen-bond donors (Lipinski definition) is 0. The fourth-order valence-corrected chi connectivity index (χ4v) is 2.47. The molecule has 6 nitrogen and oxygen atoms in total. The second-order valence-electron chi connectivity index (χ2n) is 5.03. The minimum Gasteiger partial charge on any atom is -0.339 e. The molecule has 0 N–H and O–H groups in total. The number of Topliss-reactive ketones (excluding diaryl/α,β-unsaturated/α-hetero) is 1. The molecular weight excluding hydrogens is 244 g/mol. The van der Waals surface area contributed by atoms with Gasteiger partial charge in [0.2, 0.25) is 11.7 Å². The highest BCUT2D eigenvalue weighted by Crippen LogP contribution is 2.24. The fraction of sp³-hybridized carbons (Fsp3) is 0.538. The monoisotopic (exact) mass is 260 g/mol. The Kier molecular flexibility index (Phi) is 3.15. The molecule has 0 aliphatic heterocycles. The number of carbonyl (C=O) groups excluding carboxylic acids is 1. The Hall–Kier alpha value is -1.98. The van der Waals surface area contributed by atoms with Crippen LogP contribution in [0.4, 0.5) is 0 Å². The molecule has 19 heavy (non-hydrogen) atoms. The molecule has 0 spiro atoms. The smallest absolute Gasteiger partial charge is 0.227 e. The second-order valence-corrected chi connectivity index (χ2v) is 5.03. The van der Waals surface area contributed by atoms with Crippen LogP contribution in [0.1, 0.15) is 31.6 Å². The summed E-state index contributed by atoms with van der Waals surface area (Å²) in [6.45, 7) is 0. The molecule has 1 saturated carbocycles. The molecular formula is C13H16N4O2. The molecule has 0 saturated heterocycles. The molecule has 1 fully saturated rings. The van der Waals surface area contributed by atoms with Gasteiger partial charge in [0.1, 0.15) is 5.78 Å². The van der Waals surface area contributed by atoms with E-state index in [0.717, 1.165) is 24.8 Å². The van der Waals surface area contributed by atoms with Gasteiger partial charge in [-0.2, -0.15) is 10.1 Å². The van der Waals surface area contributed by atoms with Crippen molar-refractivity contribution >= 4 is 5.78 Å². The summed E-state index contributed by atoms with van der Waals surface area (Å²) in [7, 11) is 1.84. The summed E-state index contributed by atoms with van der Waals surface area (Å²) in [4.78, 5) is 16.1. The Labute approximate surface area is 110 Å². The Morgan fingerprint density at radius 1 is 1.47 bits per heavy atom. The Morgan fingerprint density at radius 2 is 2.37 bits per heavy atom. The summed E-state index contributed by atoms with van der Waals surface area (Å²) in [6, 6.07) is 0. The lowest BCUT2D eigenvalue weighted by molar-refractivity contribution is -0.124. The van der Waals surface area contributed by atoms with Gasteiger partial charge in [0.15, 0.2) is 0 Å². The van der Waals surface area contributed by atoms with E-state index in [4.69, 9.17) is 4.52 Å². The van der Waals surface area contributed by atoms with Crippen LogP contribution in [0.15, 0.2) is 16.9 Å². The Morgan fingerprint density at radius 3 is 3.11 bits per heavy atom. The largest absolute Gasteiger partial charge is 0.339 e. The van der Waals surface area contributed by atoms with Crippen LogP contribution in [0.3, 0.4) is 0 Å². The van der Waals surface area contributed by atoms with Gasteiger partial charge in [-0.05, 0) is 12.8 Å². The van der Waals surface area contributed by atoms with Gasteiger partial charge >= 0.3 is 0 Å². The number of nitrogens with zero attached hydrogens (tertiary/aromatic N) is 4. The molecule has 1 unspecified atom stereocenters. The van der Waals surface area contributed by atoms with Gasteiger partial charge in [-0.15, -0.1) is 0 Å². The first kappa shape index (κ1) is 12.1. The molecule has 2 heterocycles. The van der Waals surface area contributed by atoms with Crippen LogP contribution in [0.5, 0.6) is 0 Å². The maximum Gasteiger partial charge on any atom is 0.227 e. The van der Waals surface area contributed by atoms with Crippen LogP contribution in [0, 0.1) is 5.92 Å². The zero-order valence-corrected chi connectivity index (χ0v) is 10.9. The molecule has 2 aromatic heterocycles. The standard InChI is InChI=1S/C13H16N4O2/c1-17-8-10(7-14-17)13-15-12(19-16-13)6-9-4-2-3-5-11(9)18/h7-9H,2-6H2,1H3. The Balaban J connectivity index is 1.72. The third-order valence-corrected chi connectivity index (χ3v) is 3.53. The van der Waals surface area contributed by atoms with Crippen LogP contribution in [-0.4, -0.2) is 25.7 Å². The van der Waals surface area contributed by atoms with E-state index >= 15 is 0 Å².